The van der Waals surface area contributed by atoms with Crippen molar-refractivity contribution in [1.82, 2.24) is 0 Å². The highest BCUT2D eigenvalue weighted by Gasteiger charge is 2.54. The number of nitrogens with two attached hydrogens (primary N) is 1. The molecule has 1 heterocycles. The Labute approximate surface area is 136 Å². The third-order valence-electron chi connectivity index (χ3n) is 1.36. The van der Waals surface area contributed by atoms with Crippen LogP contribution >= 0.6 is 46.9 Å². The summed E-state index contributed by atoms with van der Waals surface area (Å²) >= 11 is 0. The molecule has 1 rings (SSSR count). The molecule has 1 aliphatic rings. The fourth-order valence-corrected chi connectivity index (χ4v) is 9.73. The SMILES string of the molecule is NOP1(=O)OP(=O)(O)OP(=O)(O)OP(=O)(O)OP(=O)(O)OP(=O)(O)O1. The van der Waals surface area contributed by atoms with Crippen LogP contribution < -0.4 is 5.90 Å². The summed E-state index contributed by atoms with van der Waals surface area (Å²) in [5, 5.41) is 0. The van der Waals surface area contributed by atoms with Crippen molar-refractivity contribution in [1.29, 1.82) is 0 Å². The highest BCUT2D eigenvalue weighted by atomic mass is 31.3. The minimum atomic E-state index is -6.11. The Morgan fingerprint density at radius 3 is 0.920 bits per heavy atom. The number of hydrogen-bond donors (Lipinski definition) is 6. The van der Waals surface area contributed by atoms with Crippen LogP contribution in [0.4, 0.5) is 0 Å². The van der Waals surface area contributed by atoms with E-state index in [1.54, 1.807) is 0 Å². The molecule has 0 aliphatic carbocycles. The van der Waals surface area contributed by atoms with Crippen LogP contribution in [0.3, 0.4) is 0 Å². The first-order valence-electron chi connectivity index (χ1n) is 4.70. The van der Waals surface area contributed by atoms with Crippen molar-refractivity contribution in [3.8, 4) is 0 Å². The molecule has 25 heteroatoms. The Hall–Kier alpha value is 0.860. The molecule has 1 aliphatic heterocycles. The summed E-state index contributed by atoms with van der Waals surface area (Å²) < 4.78 is 92.1. The lowest BCUT2D eigenvalue weighted by atomic mass is 13.6. The summed E-state index contributed by atoms with van der Waals surface area (Å²) in [5.41, 5.74) is 0. The molecule has 0 spiro atoms. The van der Waals surface area contributed by atoms with E-state index < -0.39 is 46.9 Å². The second kappa shape index (κ2) is 7.36. The summed E-state index contributed by atoms with van der Waals surface area (Å²) in [5.74, 6) is 4.34. The first-order chi connectivity index (χ1) is 10.8. The summed E-state index contributed by atoms with van der Waals surface area (Å²) in [6.07, 6.45) is 0. The lowest BCUT2D eigenvalue weighted by Gasteiger charge is -2.24. The van der Waals surface area contributed by atoms with E-state index in [0.29, 0.717) is 0 Å². The van der Waals surface area contributed by atoms with E-state index in [1.165, 1.54) is 0 Å². The summed E-state index contributed by atoms with van der Waals surface area (Å²) in [6.45, 7) is 0. The van der Waals surface area contributed by atoms with E-state index in [4.69, 9.17) is 24.5 Å². The van der Waals surface area contributed by atoms with E-state index in [9.17, 15) is 27.4 Å². The largest absolute Gasteiger partial charge is 0.509 e. The van der Waals surface area contributed by atoms with Gasteiger partial charge in [-0.2, -0.15) is 25.9 Å². The van der Waals surface area contributed by atoms with Gasteiger partial charge >= 0.3 is 46.9 Å². The molecule has 150 valence electrons. The fraction of sp³-hybridized carbons (Fsp3) is 0. The molecule has 1 fully saturated rings. The van der Waals surface area contributed by atoms with Crippen molar-refractivity contribution >= 4 is 46.9 Å². The van der Waals surface area contributed by atoms with Gasteiger partial charge in [0.25, 0.3) is 0 Å². The topological polar surface area (TPSA) is 294 Å². The van der Waals surface area contributed by atoms with Crippen molar-refractivity contribution in [3.05, 3.63) is 0 Å². The van der Waals surface area contributed by atoms with Gasteiger partial charge < -0.3 is 24.5 Å². The van der Waals surface area contributed by atoms with Crippen LogP contribution in [0.25, 0.3) is 0 Å². The predicted octanol–water partition coefficient (Wildman–Crippen LogP) is 0.600. The molecular weight excluding hydrogens is 488 g/mol. The van der Waals surface area contributed by atoms with Gasteiger partial charge in [-0.1, -0.05) is 0 Å². The van der Waals surface area contributed by atoms with Crippen molar-refractivity contribution in [2.75, 3.05) is 0 Å². The van der Waals surface area contributed by atoms with Gasteiger partial charge in [0.15, 0.2) is 0 Å². The van der Waals surface area contributed by atoms with Crippen molar-refractivity contribution < 1.29 is 82.3 Å². The number of phosphoric acid groups is 6. The third-order valence-corrected chi connectivity index (χ3v) is 11.5. The van der Waals surface area contributed by atoms with Gasteiger partial charge in [0.05, 0.1) is 0 Å². The minimum Gasteiger partial charge on any atom is -0.302 e. The molecule has 25 heavy (non-hydrogen) atoms. The van der Waals surface area contributed by atoms with Crippen molar-refractivity contribution in [2.24, 2.45) is 5.90 Å². The third kappa shape index (κ3) is 8.18. The molecule has 4 atom stereocenters. The first kappa shape index (κ1) is 23.9. The fourth-order valence-electron chi connectivity index (χ4n) is 0.902. The van der Waals surface area contributed by atoms with Crippen molar-refractivity contribution in [2.45, 2.75) is 0 Å². The van der Waals surface area contributed by atoms with Crippen molar-refractivity contribution in [3.63, 3.8) is 0 Å². The molecule has 4 unspecified atom stereocenters. The summed E-state index contributed by atoms with van der Waals surface area (Å²) in [6, 6.07) is 0. The molecule has 0 aromatic heterocycles. The second-order valence-corrected chi connectivity index (χ2v) is 13.1. The molecular formula is H7NO18P6. The Morgan fingerprint density at radius 1 is 0.520 bits per heavy atom. The molecule has 0 amide bonds. The zero-order chi connectivity index (χ0) is 19.9. The Morgan fingerprint density at radius 2 is 0.720 bits per heavy atom. The van der Waals surface area contributed by atoms with Crippen LogP contribution in [0.15, 0.2) is 0 Å². The van der Waals surface area contributed by atoms with E-state index >= 15 is 0 Å². The van der Waals surface area contributed by atoms with E-state index in [-0.39, 0.29) is 0 Å². The van der Waals surface area contributed by atoms with Gasteiger partial charge in [-0.15, -0.1) is 0 Å². The molecule has 0 saturated carbocycles. The van der Waals surface area contributed by atoms with Crippen LogP contribution in [0, 0.1) is 0 Å². The van der Waals surface area contributed by atoms with Crippen LogP contribution in [0.2, 0.25) is 0 Å². The average molecular weight is 495 g/mol. The lowest BCUT2D eigenvalue weighted by Crippen LogP contribution is -2.06. The van der Waals surface area contributed by atoms with Crippen LogP contribution in [-0.4, -0.2) is 24.5 Å². The van der Waals surface area contributed by atoms with Crippen LogP contribution in [0.1, 0.15) is 0 Å². The lowest BCUT2D eigenvalue weighted by molar-refractivity contribution is 0.151. The quantitative estimate of drug-likeness (QED) is 0.214. The van der Waals surface area contributed by atoms with Gasteiger partial charge in [-0.25, -0.2) is 37.9 Å². The maximum Gasteiger partial charge on any atom is 0.509 e. The van der Waals surface area contributed by atoms with Crippen LogP contribution in [-0.2, 0) is 57.9 Å². The maximum absolute atomic E-state index is 11.7. The monoisotopic (exact) mass is 495 g/mol. The van der Waals surface area contributed by atoms with Crippen LogP contribution in [0.5, 0.6) is 0 Å². The Balaban J connectivity index is 3.45. The van der Waals surface area contributed by atoms with Gasteiger partial charge in [-0.05, 0) is 0 Å². The average Bonchev–Trinajstić information content (AvgIpc) is 2.17. The molecule has 0 radical (unpaired) electrons. The highest BCUT2D eigenvalue weighted by molar-refractivity contribution is 7.75. The summed E-state index contributed by atoms with van der Waals surface area (Å²) in [7, 11) is -36.3. The molecule has 7 N–H and O–H groups in total. The van der Waals surface area contributed by atoms with E-state index in [2.05, 4.69) is 36.4 Å². The number of hydrogen-bond acceptors (Lipinski definition) is 14. The predicted molar refractivity (Wildman–Crippen MR) is 68.5 cm³/mol. The van der Waals surface area contributed by atoms with Gasteiger partial charge in [0.1, 0.15) is 0 Å². The van der Waals surface area contributed by atoms with E-state index in [0.717, 1.165) is 0 Å². The molecule has 0 aromatic rings. The minimum absolute atomic E-state index is 3.32. The molecule has 0 bridgehead atoms. The van der Waals surface area contributed by atoms with Gasteiger partial charge in [0.2, 0.25) is 0 Å². The molecule has 1 saturated heterocycles. The van der Waals surface area contributed by atoms with Gasteiger partial charge in [-0.3, -0.25) is 0 Å². The van der Waals surface area contributed by atoms with Gasteiger partial charge in [0, 0.05) is 0 Å². The zero-order valence-electron chi connectivity index (χ0n) is 10.8. The smallest absolute Gasteiger partial charge is 0.302 e. The Kier molecular flexibility index (Phi) is 7.03. The first-order valence-corrected chi connectivity index (χ1v) is 13.6. The second-order valence-electron chi connectivity index (χ2n) is 3.39. The molecule has 19 nitrogen and oxygen atoms in total. The molecule has 0 aromatic carbocycles. The standard InChI is InChI=1S/H7NO18P6/c1-13-25(12)18-23(8,9)16-21(4,5)14-20(2,3)15-22(6,7)17-24(10,11)19-25/h1H2,(H,2,3)(H,4,5)(H,6,7)(H,8,9)(H,10,11). The Bertz CT molecular complexity index is 744. The normalized spacial score (nSPS) is 53.5. The van der Waals surface area contributed by atoms with E-state index in [1.807, 2.05) is 0 Å². The summed E-state index contributed by atoms with van der Waals surface area (Å²) in [4.78, 5) is 45.2. The zero-order valence-corrected chi connectivity index (χ0v) is 16.2. The highest BCUT2D eigenvalue weighted by Crippen LogP contribution is 2.79. The number of rotatable bonds is 1. The maximum atomic E-state index is 11.7.